The highest BCUT2D eigenvalue weighted by atomic mass is 35.5. The molecule has 6 heteroatoms. The topological polar surface area (TPSA) is 89.7 Å². The van der Waals surface area contributed by atoms with Crippen LogP contribution < -0.4 is 11.5 Å². The van der Waals surface area contributed by atoms with Gasteiger partial charge in [-0.2, -0.15) is 5.10 Å². The number of hydrogen-bond donors (Lipinski definition) is 2. The van der Waals surface area contributed by atoms with Gasteiger partial charge in [0.15, 0.2) is 0 Å². The lowest BCUT2D eigenvalue weighted by molar-refractivity contribution is 1.21. The molecule has 0 unspecified atom stereocenters. The van der Waals surface area contributed by atoms with E-state index < -0.39 is 0 Å². The second kappa shape index (κ2) is 5.81. The van der Waals surface area contributed by atoms with Crippen LogP contribution in [-0.4, -0.2) is 17.2 Å². The first-order valence-corrected chi connectivity index (χ1v) is 4.73. The maximum absolute atomic E-state index is 5.17. The number of hydrogen-bond acceptors (Lipinski definition) is 3. The van der Waals surface area contributed by atoms with Gasteiger partial charge in [-0.1, -0.05) is 18.2 Å². The molecule has 17 heavy (non-hydrogen) atoms. The Kier molecular flexibility index (Phi) is 4.42. The lowest BCUT2D eigenvalue weighted by Crippen LogP contribution is -2.21. The first kappa shape index (κ1) is 12.9. The first-order valence-electron chi connectivity index (χ1n) is 4.73. The molecule has 4 N–H and O–H groups in total. The van der Waals surface area contributed by atoms with Gasteiger partial charge < -0.3 is 11.5 Å². The number of rotatable bonds is 2. The molecule has 0 aliphatic carbocycles. The number of aromatic nitrogens is 1. The molecule has 0 aliphatic heterocycles. The van der Waals surface area contributed by atoms with Crippen LogP contribution >= 0.6 is 12.4 Å². The molecule has 0 saturated heterocycles. The summed E-state index contributed by atoms with van der Waals surface area (Å²) in [6, 6.07) is 9.65. The summed E-state index contributed by atoms with van der Waals surface area (Å²) in [5.41, 5.74) is 12.2. The maximum Gasteiger partial charge on any atom is 0.211 e. The molecule has 2 aromatic rings. The van der Waals surface area contributed by atoms with Gasteiger partial charge in [0.1, 0.15) is 0 Å². The van der Waals surface area contributed by atoms with E-state index in [0.29, 0.717) is 0 Å². The van der Waals surface area contributed by atoms with Gasteiger partial charge in [0.2, 0.25) is 5.96 Å². The van der Waals surface area contributed by atoms with Crippen molar-refractivity contribution in [1.29, 1.82) is 0 Å². The van der Waals surface area contributed by atoms with Gasteiger partial charge in [0.25, 0.3) is 0 Å². The smallest absolute Gasteiger partial charge is 0.211 e. The molecule has 1 aromatic carbocycles. The quantitative estimate of drug-likeness (QED) is 0.477. The van der Waals surface area contributed by atoms with Gasteiger partial charge in [-0.25, -0.2) is 0 Å². The Morgan fingerprint density at radius 2 is 1.94 bits per heavy atom. The zero-order valence-corrected chi connectivity index (χ0v) is 9.76. The fraction of sp³-hybridized carbons (Fsp3) is 0. The Labute approximate surface area is 105 Å². The molecule has 1 aromatic heterocycles. The van der Waals surface area contributed by atoms with Crippen LogP contribution in [0, 0.1) is 0 Å². The Balaban J connectivity index is 0.00000144. The van der Waals surface area contributed by atoms with E-state index in [4.69, 9.17) is 11.5 Å². The van der Waals surface area contributed by atoms with Crippen LogP contribution in [0.2, 0.25) is 0 Å². The van der Waals surface area contributed by atoms with Gasteiger partial charge in [-0.3, -0.25) is 4.98 Å². The summed E-state index contributed by atoms with van der Waals surface area (Å²) in [4.78, 5) is 4.24. The van der Waals surface area contributed by atoms with Crippen molar-refractivity contribution in [3.8, 4) is 0 Å². The molecule has 5 nitrogen and oxygen atoms in total. The number of halogens is 1. The Morgan fingerprint density at radius 3 is 2.71 bits per heavy atom. The van der Waals surface area contributed by atoms with E-state index in [1.807, 2.05) is 30.3 Å². The SMILES string of the molecule is Cl.NC(N)=N/N=C/c1ccnc2ccccc12. The lowest BCUT2D eigenvalue weighted by atomic mass is 10.1. The molecule has 0 aliphatic rings. The number of guanidine groups is 1. The number of fused-ring (bicyclic) bond motifs is 1. The molecule has 0 spiro atoms. The Bertz CT molecular complexity index is 555. The van der Waals surface area contributed by atoms with Crippen molar-refractivity contribution in [3.05, 3.63) is 42.1 Å². The van der Waals surface area contributed by atoms with Crippen molar-refractivity contribution in [3.63, 3.8) is 0 Å². The van der Waals surface area contributed by atoms with Gasteiger partial charge in [-0.05, 0) is 12.1 Å². The molecule has 88 valence electrons. The number of benzene rings is 1. The standard InChI is InChI=1S/C11H11N5.ClH/c12-11(13)16-15-7-8-5-6-14-10-4-2-1-3-9(8)10;/h1-7H,(H4,12,13,16);1H/b15-7+;. The van der Waals surface area contributed by atoms with E-state index in [1.165, 1.54) is 0 Å². The third kappa shape index (κ3) is 3.15. The molecule has 0 amide bonds. The minimum Gasteiger partial charge on any atom is -0.369 e. The van der Waals surface area contributed by atoms with Gasteiger partial charge in [-0.15, -0.1) is 17.5 Å². The molecule has 0 fully saturated rings. The Morgan fingerprint density at radius 1 is 1.18 bits per heavy atom. The molecule has 0 radical (unpaired) electrons. The van der Waals surface area contributed by atoms with E-state index in [9.17, 15) is 0 Å². The summed E-state index contributed by atoms with van der Waals surface area (Å²) in [7, 11) is 0. The van der Waals surface area contributed by atoms with E-state index in [1.54, 1.807) is 12.4 Å². The van der Waals surface area contributed by atoms with Crippen LogP contribution in [0.3, 0.4) is 0 Å². The van der Waals surface area contributed by atoms with E-state index in [2.05, 4.69) is 15.2 Å². The predicted octanol–water partition coefficient (Wildman–Crippen LogP) is 1.26. The predicted molar refractivity (Wildman–Crippen MR) is 72.4 cm³/mol. The zero-order chi connectivity index (χ0) is 11.4. The van der Waals surface area contributed by atoms with Crippen molar-refractivity contribution in [2.45, 2.75) is 0 Å². The van der Waals surface area contributed by atoms with E-state index >= 15 is 0 Å². The molecular formula is C11H12ClN5. The van der Waals surface area contributed by atoms with Gasteiger partial charge in [0.05, 0.1) is 11.7 Å². The van der Waals surface area contributed by atoms with Gasteiger partial charge in [0, 0.05) is 17.1 Å². The van der Waals surface area contributed by atoms with Crippen molar-refractivity contribution < 1.29 is 0 Å². The number of nitrogens with two attached hydrogens (primary N) is 2. The second-order valence-corrected chi connectivity index (χ2v) is 3.19. The molecule has 0 bridgehead atoms. The van der Waals surface area contributed by atoms with Gasteiger partial charge >= 0.3 is 0 Å². The summed E-state index contributed by atoms with van der Waals surface area (Å²) >= 11 is 0. The minimum absolute atomic E-state index is 0. The zero-order valence-electron chi connectivity index (χ0n) is 8.95. The van der Waals surface area contributed by atoms with Crippen molar-refractivity contribution in [2.24, 2.45) is 21.7 Å². The van der Waals surface area contributed by atoms with E-state index in [0.717, 1.165) is 16.5 Å². The molecule has 2 rings (SSSR count). The summed E-state index contributed by atoms with van der Waals surface area (Å²) < 4.78 is 0. The van der Waals surface area contributed by atoms with Crippen LogP contribution in [0.1, 0.15) is 5.56 Å². The fourth-order valence-corrected chi connectivity index (χ4v) is 1.39. The number of para-hydroxylation sites is 1. The molecular weight excluding hydrogens is 238 g/mol. The third-order valence-corrected chi connectivity index (χ3v) is 2.05. The van der Waals surface area contributed by atoms with Crippen LogP contribution in [0.15, 0.2) is 46.7 Å². The number of nitrogens with zero attached hydrogens (tertiary/aromatic N) is 3. The summed E-state index contributed by atoms with van der Waals surface area (Å²) in [5, 5.41) is 8.34. The fourth-order valence-electron chi connectivity index (χ4n) is 1.39. The summed E-state index contributed by atoms with van der Waals surface area (Å²) in [6.45, 7) is 0. The summed E-state index contributed by atoms with van der Waals surface area (Å²) in [5.74, 6) is -0.0605. The minimum atomic E-state index is -0.0605. The first-order chi connectivity index (χ1) is 7.77. The third-order valence-electron chi connectivity index (χ3n) is 2.05. The molecule has 0 saturated carbocycles. The van der Waals surface area contributed by atoms with E-state index in [-0.39, 0.29) is 18.4 Å². The highest BCUT2D eigenvalue weighted by Gasteiger charge is 1.97. The summed E-state index contributed by atoms with van der Waals surface area (Å²) in [6.07, 6.45) is 3.32. The molecule has 0 atom stereocenters. The van der Waals surface area contributed by atoms with Crippen molar-refractivity contribution in [1.82, 2.24) is 4.98 Å². The average molecular weight is 250 g/mol. The molecule has 1 heterocycles. The lowest BCUT2D eigenvalue weighted by Gasteiger charge is -1.99. The maximum atomic E-state index is 5.17. The van der Waals surface area contributed by atoms with Crippen LogP contribution in [0.4, 0.5) is 0 Å². The van der Waals surface area contributed by atoms with Crippen molar-refractivity contribution >= 4 is 35.5 Å². The largest absolute Gasteiger partial charge is 0.369 e. The van der Waals surface area contributed by atoms with Crippen LogP contribution in [0.5, 0.6) is 0 Å². The normalized spacial score (nSPS) is 10.1. The monoisotopic (exact) mass is 249 g/mol. The highest BCUT2D eigenvalue weighted by molar-refractivity contribution is 5.98. The highest BCUT2D eigenvalue weighted by Crippen LogP contribution is 2.14. The average Bonchev–Trinajstić information content (AvgIpc) is 2.29. The number of pyridine rings is 1. The van der Waals surface area contributed by atoms with Crippen LogP contribution in [-0.2, 0) is 0 Å². The van der Waals surface area contributed by atoms with Crippen LogP contribution in [0.25, 0.3) is 10.9 Å². The second-order valence-electron chi connectivity index (χ2n) is 3.19. The van der Waals surface area contributed by atoms with Crippen molar-refractivity contribution in [2.75, 3.05) is 0 Å². The Hall–Kier alpha value is -2.14.